The predicted molar refractivity (Wildman–Crippen MR) is 131 cm³/mol. The highest BCUT2D eigenvalue weighted by Crippen LogP contribution is 2.46. The second kappa shape index (κ2) is 9.49. The number of hydrogen-bond donors (Lipinski definition) is 0. The number of thioether (sulfide) groups is 1. The molecule has 0 saturated carbocycles. The molecule has 4 rings (SSSR count). The van der Waals surface area contributed by atoms with Crippen molar-refractivity contribution in [3.05, 3.63) is 66.1 Å². The van der Waals surface area contributed by atoms with Gasteiger partial charge in [0, 0.05) is 55.0 Å². The molecule has 0 bridgehead atoms. The van der Waals surface area contributed by atoms with Crippen LogP contribution >= 0.6 is 11.8 Å². The number of ether oxygens (including phenoxy) is 1. The Bertz CT molecular complexity index is 1170. The number of benzene rings is 1. The van der Waals surface area contributed by atoms with Crippen molar-refractivity contribution in [1.82, 2.24) is 19.7 Å². The van der Waals surface area contributed by atoms with Crippen molar-refractivity contribution in [3.8, 4) is 11.4 Å². The van der Waals surface area contributed by atoms with Gasteiger partial charge in [0.05, 0.1) is 18.4 Å². The summed E-state index contributed by atoms with van der Waals surface area (Å²) < 4.78 is 7.29. The molecule has 1 aliphatic heterocycles. The average Bonchev–Trinajstić information content (AvgIpc) is 3.30. The monoisotopic (exact) mass is 463 g/mol. The number of nitrogens with zero attached hydrogens (tertiary/aromatic N) is 5. The molecule has 1 atom stereocenters. The van der Waals surface area contributed by atoms with Gasteiger partial charge < -0.3 is 9.64 Å². The minimum atomic E-state index is -0.318. The number of allylic oxidation sites excluding steroid dienone is 2. The van der Waals surface area contributed by atoms with Crippen molar-refractivity contribution in [2.45, 2.75) is 43.1 Å². The minimum absolute atomic E-state index is 0.0504. The molecule has 0 aliphatic carbocycles. The van der Waals surface area contributed by atoms with Crippen molar-refractivity contribution in [2.75, 3.05) is 25.7 Å². The van der Waals surface area contributed by atoms with Crippen molar-refractivity contribution in [2.24, 2.45) is 0 Å². The SMILES string of the molecule is COCCn1c(SC(C)C(=O)/C=C2\N(C)c3ccccc3C2(C)C)nnc1-c1ccncc1. The number of aromatic nitrogens is 4. The molecule has 0 saturated heterocycles. The highest BCUT2D eigenvalue weighted by atomic mass is 32.2. The highest BCUT2D eigenvalue weighted by Gasteiger charge is 2.38. The van der Waals surface area contributed by atoms with E-state index < -0.39 is 0 Å². The largest absolute Gasteiger partial charge is 0.383 e. The van der Waals surface area contributed by atoms with Crippen molar-refractivity contribution in [3.63, 3.8) is 0 Å². The smallest absolute Gasteiger partial charge is 0.192 e. The van der Waals surface area contributed by atoms with Gasteiger partial charge in [0.1, 0.15) is 0 Å². The van der Waals surface area contributed by atoms with E-state index in [2.05, 4.69) is 46.1 Å². The highest BCUT2D eigenvalue weighted by molar-refractivity contribution is 8.00. The average molecular weight is 464 g/mol. The van der Waals surface area contributed by atoms with Gasteiger partial charge in [0.2, 0.25) is 0 Å². The van der Waals surface area contributed by atoms with Crippen LogP contribution in [0.1, 0.15) is 26.3 Å². The molecule has 1 unspecified atom stereocenters. The fraction of sp³-hybridized carbons (Fsp3) is 0.360. The number of rotatable bonds is 8. The first-order valence-corrected chi connectivity index (χ1v) is 11.8. The van der Waals surface area contributed by atoms with E-state index >= 15 is 0 Å². The maximum atomic E-state index is 13.3. The molecule has 7 nitrogen and oxygen atoms in total. The van der Waals surface area contributed by atoms with E-state index in [9.17, 15) is 4.79 Å². The topological polar surface area (TPSA) is 73.1 Å². The van der Waals surface area contributed by atoms with Gasteiger partial charge in [-0.3, -0.25) is 14.3 Å². The molecular weight excluding hydrogens is 434 g/mol. The lowest BCUT2D eigenvalue weighted by Gasteiger charge is -2.24. The van der Waals surface area contributed by atoms with Gasteiger partial charge in [-0.05, 0) is 30.7 Å². The number of pyridine rings is 1. The summed E-state index contributed by atoms with van der Waals surface area (Å²) >= 11 is 1.42. The van der Waals surface area contributed by atoms with Crippen molar-refractivity contribution in [1.29, 1.82) is 0 Å². The van der Waals surface area contributed by atoms with E-state index in [-0.39, 0.29) is 16.4 Å². The molecule has 0 radical (unpaired) electrons. The van der Waals surface area contributed by atoms with Gasteiger partial charge in [0.15, 0.2) is 16.8 Å². The summed E-state index contributed by atoms with van der Waals surface area (Å²) in [4.78, 5) is 19.5. The van der Waals surface area contributed by atoms with Crippen LogP contribution in [0, 0.1) is 0 Å². The van der Waals surface area contributed by atoms with Crippen molar-refractivity contribution < 1.29 is 9.53 Å². The van der Waals surface area contributed by atoms with E-state index in [1.807, 2.05) is 42.8 Å². The molecule has 0 amide bonds. The summed E-state index contributed by atoms with van der Waals surface area (Å²) in [5.41, 5.74) is 4.06. The van der Waals surface area contributed by atoms with E-state index in [1.165, 1.54) is 17.3 Å². The van der Waals surface area contributed by atoms with Crippen LogP contribution in [-0.4, -0.2) is 51.5 Å². The summed E-state index contributed by atoms with van der Waals surface area (Å²) in [6.07, 6.45) is 5.25. The summed E-state index contributed by atoms with van der Waals surface area (Å²) in [5.74, 6) is 0.788. The molecule has 33 heavy (non-hydrogen) atoms. The maximum Gasteiger partial charge on any atom is 0.192 e. The number of methoxy groups -OCH3 is 1. The number of likely N-dealkylation sites (N-methyl/N-ethyl adjacent to an activating group) is 1. The summed E-state index contributed by atoms with van der Waals surface area (Å²) in [6, 6.07) is 12.1. The van der Waals surface area contributed by atoms with Crippen LogP contribution < -0.4 is 4.90 Å². The number of hydrogen-bond acceptors (Lipinski definition) is 7. The van der Waals surface area contributed by atoms with E-state index in [1.54, 1.807) is 25.6 Å². The molecule has 1 aromatic carbocycles. The number of carbonyl (C=O) groups is 1. The first-order chi connectivity index (χ1) is 15.8. The van der Waals surface area contributed by atoms with Gasteiger partial charge >= 0.3 is 0 Å². The number of anilines is 1. The molecule has 0 N–H and O–H groups in total. The van der Waals surface area contributed by atoms with Crippen LogP contribution in [0.15, 0.2) is 65.7 Å². The normalized spacial score (nSPS) is 16.8. The zero-order valence-corrected chi connectivity index (χ0v) is 20.5. The Balaban J connectivity index is 1.58. The van der Waals surface area contributed by atoms with Gasteiger partial charge in [-0.1, -0.05) is 43.8 Å². The van der Waals surface area contributed by atoms with Gasteiger partial charge in [-0.25, -0.2) is 0 Å². The van der Waals surface area contributed by atoms with E-state index in [4.69, 9.17) is 4.74 Å². The molecule has 172 valence electrons. The first-order valence-electron chi connectivity index (χ1n) is 10.9. The van der Waals surface area contributed by atoms with E-state index in [0.29, 0.717) is 18.3 Å². The van der Waals surface area contributed by atoms with Gasteiger partial charge in [0.25, 0.3) is 0 Å². The first kappa shape index (κ1) is 23.2. The fourth-order valence-electron chi connectivity index (χ4n) is 4.20. The molecule has 0 fully saturated rings. The molecule has 0 spiro atoms. The lowest BCUT2D eigenvalue weighted by molar-refractivity contribution is -0.114. The third kappa shape index (κ3) is 4.45. The molecule has 8 heteroatoms. The Labute approximate surface area is 198 Å². The van der Waals surface area contributed by atoms with Crippen LogP contribution in [0.4, 0.5) is 5.69 Å². The summed E-state index contributed by atoms with van der Waals surface area (Å²) in [5, 5.41) is 9.16. The Morgan fingerprint density at radius 2 is 1.91 bits per heavy atom. The Morgan fingerprint density at radius 1 is 1.18 bits per heavy atom. The zero-order chi connectivity index (χ0) is 23.6. The second-order valence-electron chi connectivity index (χ2n) is 8.58. The van der Waals surface area contributed by atoms with Crippen LogP contribution in [0.3, 0.4) is 0 Å². The zero-order valence-electron chi connectivity index (χ0n) is 19.6. The molecule has 1 aliphatic rings. The second-order valence-corrected chi connectivity index (χ2v) is 9.89. The fourth-order valence-corrected chi connectivity index (χ4v) is 5.10. The van der Waals surface area contributed by atoms with Crippen LogP contribution in [-0.2, 0) is 21.5 Å². The molecule has 2 aromatic heterocycles. The quantitative estimate of drug-likeness (QED) is 0.363. The van der Waals surface area contributed by atoms with Gasteiger partial charge in [-0.15, -0.1) is 10.2 Å². The van der Waals surface area contributed by atoms with Crippen LogP contribution in [0.25, 0.3) is 11.4 Å². The lowest BCUT2D eigenvalue weighted by atomic mass is 9.83. The van der Waals surface area contributed by atoms with Crippen LogP contribution in [0.5, 0.6) is 0 Å². The van der Waals surface area contributed by atoms with E-state index in [0.717, 1.165) is 22.8 Å². The predicted octanol–water partition coefficient (Wildman–Crippen LogP) is 4.35. The summed E-state index contributed by atoms with van der Waals surface area (Å²) in [7, 11) is 3.69. The molecular formula is C25H29N5O2S. The Morgan fingerprint density at radius 3 is 2.61 bits per heavy atom. The third-order valence-corrected chi connectivity index (χ3v) is 7.18. The Kier molecular flexibility index (Phi) is 6.67. The Hall–Kier alpha value is -2.97. The molecule has 3 heterocycles. The number of ketones is 1. The number of para-hydroxylation sites is 1. The minimum Gasteiger partial charge on any atom is -0.383 e. The van der Waals surface area contributed by atoms with Gasteiger partial charge in [-0.2, -0.15) is 0 Å². The standard InChI is InChI=1S/C25H29N5O2S/c1-17(21(31)16-22-25(2,3)19-8-6-7-9-20(19)29(22)4)33-24-28-27-23(30(24)14-15-32-5)18-10-12-26-13-11-18/h6-13,16-17H,14-15H2,1-5H3/b22-16-. The number of carbonyl (C=O) groups excluding carboxylic acids is 1. The summed E-state index contributed by atoms with van der Waals surface area (Å²) in [6.45, 7) is 7.35. The number of fused-ring (bicyclic) bond motifs is 1. The van der Waals surface area contributed by atoms with Crippen molar-refractivity contribution >= 4 is 23.2 Å². The third-order valence-electron chi connectivity index (χ3n) is 6.08. The maximum absolute atomic E-state index is 13.3. The lowest BCUT2D eigenvalue weighted by Crippen LogP contribution is -2.25. The molecule has 3 aromatic rings. The van der Waals surface area contributed by atoms with Crippen LogP contribution in [0.2, 0.25) is 0 Å².